The molecule has 1 aliphatic heterocycles. The zero-order valence-electron chi connectivity index (χ0n) is 12.2. The van der Waals surface area contributed by atoms with Crippen molar-refractivity contribution in [2.75, 3.05) is 20.5 Å². The van der Waals surface area contributed by atoms with Gasteiger partial charge in [-0.2, -0.15) is 6.61 Å². The molecule has 5 heteroatoms. The molecule has 4 nitrogen and oxygen atoms in total. The van der Waals surface area contributed by atoms with Gasteiger partial charge in [-0.3, -0.25) is 0 Å². The molecule has 2 aromatic carbocycles. The molecule has 0 spiro atoms. The molecule has 0 aromatic heterocycles. The Bertz CT molecular complexity index is 564. The van der Waals surface area contributed by atoms with E-state index in [0.29, 0.717) is 6.61 Å². The number of methoxy groups -OCH3 is 1. The van der Waals surface area contributed by atoms with Gasteiger partial charge in [0.25, 0.3) is 0 Å². The number of rotatable bonds is 7. The second-order valence-corrected chi connectivity index (χ2v) is 4.72. The SMILES string of the molecule is COCOc1ccc(-c2ccc(OCC3[CH-]O3)cc2)cc1.[W]. The Morgan fingerprint density at radius 2 is 1.41 bits per heavy atom. The predicted molar refractivity (Wildman–Crippen MR) is 79.1 cm³/mol. The monoisotopic (exact) mass is 469 g/mol. The number of hydrogen-bond acceptors (Lipinski definition) is 4. The minimum Gasteiger partial charge on any atom is -0.567 e. The van der Waals surface area contributed by atoms with E-state index in [1.165, 1.54) is 0 Å². The van der Waals surface area contributed by atoms with Crippen molar-refractivity contribution in [3.8, 4) is 22.6 Å². The number of epoxide rings is 1. The predicted octanol–water partition coefficient (Wildman–Crippen LogP) is 3.27. The van der Waals surface area contributed by atoms with Gasteiger partial charge in [0.05, 0.1) is 6.61 Å². The maximum absolute atomic E-state index is 5.59. The van der Waals surface area contributed by atoms with Crippen LogP contribution in [0.15, 0.2) is 48.5 Å². The van der Waals surface area contributed by atoms with E-state index in [1.54, 1.807) is 13.7 Å². The maximum atomic E-state index is 5.59. The molecule has 22 heavy (non-hydrogen) atoms. The number of benzene rings is 2. The third-order valence-corrected chi connectivity index (χ3v) is 3.13. The summed E-state index contributed by atoms with van der Waals surface area (Å²) in [5.41, 5.74) is 2.26. The summed E-state index contributed by atoms with van der Waals surface area (Å²) in [7, 11) is 1.60. The second kappa shape index (κ2) is 8.33. The van der Waals surface area contributed by atoms with Gasteiger partial charge in [-0.25, -0.2) is 0 Å². The third kappa shape index (κ3) is 4.84. The summed E-state index contributed by atoms with van der Waals surface area (Å²) >= 11 is 0. The topological polar surface area (TPSA) is 40.2 Å². The normalized spacial score (nSPS) is 15.8. The molecule has 0 N–H and O–H groups in total. The molecule has 2 aromatic rings. The zero-order chi connectivity index (χ0) is 14.5. The van der Waals surface area contributed by atoms with Crippen LogP contribution in [0, 0.1) is 6.61 Å². The van der Waals surface area contributed by atoms with Gasteiger partial charge in [-0.05, 0) is 41.5 Å². The number of hydrogen-bond donors (Lipinski definition) is 0. The zero-order valence-corrected chi connectivity index (χ0v) is 15.2. The van der Waals surface area contributed by atoms with Gasteiger partial charge in [0.1, 0.15) is 11.5 Å². The van der Waals surface area contributed by atoms with Crippen LogP contribution in [-0.4, -0.2) is 26.6 Å². The van der Waals surface area contributed by atoms with Gasteiger partial charge in [0.15, 0.2) is 6.79 Å². The van der Waals surface area contributed by atoms with Crippen LogP contribution >= 0.6 is 0 Å². The van der Waals surface area contributed by atoms with Crippen LogP contribution in [-0.2, 0) is 30.5 Å². The first-order chi connectivity index (χ1) is 10.3. The van der Waals surface area contributed by atoms with E-state index in [0.717, 1.165) is 22.6 Å². The van der Waals surface area contributed by atoms with Crippen LogP contribution in [0.3, 0.4) is 0 Å². The minimum absolute atomic E-state index is 0. The minimum atomic E-state index is 0. The first kappa shape index (κ1) is 17.0. The molecule has 3 rings (SSSR count). The Morgan fingerprint density at radius 3 is 1.86 bits per heavy atom. The smallest absolute Gasteiger partial charge is 0.188 e. The Morgan fingerprint density at radius 1 is 0.909 bits per heavy atom. The van der Waals surface area contributed by atoms with E-state index in [-0.39, 0.29) is 34.0 Å². The summed E-state index contributed by atoms with van der Waals surface area (Å²) in [6.07, 6.45) is 0.157. The van der Waals surface area contributed by atoms with Gasteiger partial charge in [-0.1, -0.05) is 24.3 Å². The van der Waals surface area contributed by atoms with Gasteiger partial charge in [-0.15, -0.1) is 0 Å². The van der Waals surface area contributed by atoms with Gasteiger partial charge >= 0.3 is 0 Å². The molecule has 1 aliphatic rings. The van der Waals surface area contributed by atoms with E-state index in [4.69, 9.17) is 18.9 Å². The summed E-state index contributed by atoms with van der Waals surface area (Å²) in [6, 6.07) is 15.9. The molecule has 0 bridgehead atoms. The second-order valence-electron chi connectivity index (χ2n) is 4.72. The molecule has 1 unspecified atom stereocenters. The standard InChI is InChI=1S/C17H17O4.W/c1-18-12-21-16-8-4-14(5-9-16)13-2-6-15(7-3-13)19-10-17-11-20-17;/h2-9,11,17H,10,12H2,1H3;/q-1;. The van der Waals surface area contributed by atoms with E-state index in [1.807, 2.05) is 48.5 Å². The molecule has 1 fully saturated rings. The molecule has 1 atom stereocenters. The fourth-order valence-corrected chi connectivity index (χ4v) is 1.93. The Hall–Kier alpha value is -1.35. The Kier molecular flexibility index (Phi) is 6.44. The summed E-state index contributed by atoms with van der Waals surface area (Å²) in [5, 5.41) is 0. The maximum Gasteiger partial charge on any atom is 0.188 e. The van der Waals surface area contributed by atoms with Crippen molar-refractivity contribution in [2.45, 2.75) is 6.10 Å². The van der Waals surface area contributed by atoms with Crippen molar-refractivity contribution in [1.82, 2.24) is 0 Å². The van der Waals surface area contributed by atoms with Crippen molar-refractivity contribution < 1.29 is 40.0 Å². The van der Waals surface area contributed by atoms with E-state index < -0.39 is 0 Å². The number of ether oxygens (including phenoxy) is 4. The summed E-state index contributed by atoms with van der Waals surface area (Å²) in [4.78, 5) is 0. The van der Waals surface area contributed by atoms with Crippen molar-refractivity contribution >= 4 is 0 Å². The molecule has 0 saturated carbocycles. The molecule has 1 saturated heterocycles. The van der Waals surface area contributed by atoms with Crippen molar-refractivity contribution in [3.05, 3.63) is 55.1 Å². The van der Waals surface area contributed by atoms with Crippen LogP contribution in [0.4, 0.5) is 0 Å². The van der Waals surface area contributed by atoms with Crippen LogP contribution in [0.2, 0.25) is 0 Å². The van der Waals surface area contributed by atoms with Crippen molar-refractivity contribution in [2.24, 2.45) is 0 Å². The van der Waals surface area contributed by atoms with E-state index >= 15 is 0 Å². The van der Waals surface area contributed by atoms with Crippen LogP contribution in [0.5, 0.6) is 11.5 Å². The first-order valence-electron chi connectivity index (χ1n) is 6.79. The van der Waals surface area contributed by atoms with Crippen molar-refractivity contribution in [1.29, 1.82) is 0 Å². The third-order valence-electron chi connectivity index (χ3n) is 3.13. The molecule has 0 amide bonds. The van der Waals surface area contributed by atoms with E-state index in [9.17, 15) is 0 Å². The quantitative estimate of drug-likeness (QED) is 0.355. The fraction of sp³-hybridized carbons (Fsp3) is 0.235. The summed E-state index contributed by atoms with van der Waals surface area (Å²) in [5.74, 6) is 1.64. The molecule has 0 aliphatic carbocycles. The molecular weight excluding hydrogens is 452 g/mol. The van der Waals surface area contributed by atoms with Gasteiger partial charge in [0, 0.05) is 28.2 Å². The molecule has 0 radical (unpaired) electrons. The van der Waals surface area contributed by atoms with Crippen LogP contribution in [0.25, 0.3) is 11.1 Å². The molecule has 116 valence electrons. The molecular formula is C17H17O4W-. The van der Waals surface area contributed by atoms with E-state index in [2.05, 4.69) is 0 Å². The summed E-state index contributed by atoms with van der Waals surface area (Å²) in [6.45, 7) is 2.60. The first-order valence-corrected chi connectivity index (χ1v) is 6.79. The average molecular weight is 469 g/mol. The Labute approximate surface area is 144 Å². The molecule has 1 heterocycles. The van der Waals surface area contributed by atoms with Gasteiger partial charge in [0.2, 0.25) is 0 Å². The Balaban J connectivity index is 0.00000176. The summed E-state index contributed by atoms with van der Waals surface area (Å²) < 4.78 is 20.8. The van der Waals surface area contributed by atoms with Crippen LogP contribution in [0.1, 0.15) is 0 Å². The van der Waals surface area contributed by atoms with Gasteiger partial charge < -0.3 is 18.9 Å². The fourth-order valence-electron chi connectivity index (χ4n) is 1.93. The van der Waals surface area contributed by atoms with Crippen molar-refractivity contribution in [3.63, 3.8) is 0 Å². The average Bonchev–Trinajstić information content (AvgIpc) is 3.36. The largest absolute Gasteiger partial charge is 0.567 e. The van der Waals surface area contributed by atoms with Crippen LogP contribution < -0.4 is 9.47 Å².